The summed E-state index contributed by atoms with van der Waals surface area (Å²) in [5.74, 6) is 1.46. The van der Waals surface area contributed by atoms with Crippen molar-refractivity contribution in [3.63, 3.8) is 0 Å². The van der Waals surface area contributed by atoms with Gasteiger partial charge < -0.3 is 18.4 Å². The summed E-state index contributed by atoms with van der Waals surface area (Å²) in [4.78, 5) is 20.7. The van der Waals surface area contributed by atoms with Gasteiger partial charge in [0, 0.05) is 22.2 Å². The van der Waals surface area contributed by atoms with Gasteiger partial charge in [0.2, 0.25) is 0 Å². The lowest BCUT2D eigenvalue weighted by Crippen LogP contribution is -2.54. The average molecular weight is 1650 g/mol. The lowest BCUT2D eigenvalue weighted by Gasteiger charge is -2.24. The highest BCUT2D eigenvalue weighted by Crippen LogP contribution is 2.39. The SMILES string of the molecule is CCCCCCCCCCCCCCCCCCCCOc1ccc(-c2c3/c(=C(\C#N)c4cnc5cc(Cl)c(Cl)cc5n4)n(B(c4ccccc4)c4ccccc4)c(-c4ccc(OCCCCCCCCCCCCCCCCCCCC)cc4)c3/c(=C(\C#N)c3cnc4cc(Cl)c(Cl)cc4n3)n2B(c2ccccc2)c2ccccc2)cc1. The molecule has 118 heavy (non-hydrogen) atoms. The van der Waals surface area contributed by atoms with Crippen molar-refractivity contribution in [2.45, 2.75) is 245 Å². The predicted octanol–water partition coefficient (Wildman–Crippen LogP) is 25.9. The molecule has 12 aromatic rings. The lowest BCUT2D eigenvalue weighted by molar-refractivity contribution is 0.304. The van der Waals surface area contributed by atoms with Gasteiger partial charge >= 0.3 is 13.7 Å². The molecule has 0 saturated heterocycles. The van der Waals surface area contributed by atoms with Crippen molar-refractivity contribution in [2.75, 3.05) is 13.2 Å². The summed E-state index contributed by atoms with van der Waals surface area (Å²) >= 11 is 27.2. The second-order valence-corrected chi connectivity index (χ2v) is 33.7. The molecule has 0 amide bonds. The quantitative estimate of drug-likeness (QED) is 0.0272. The van der Waals surface area contributed by atoms with E-state index in [1.165, 1.54) is 205 Å². The van der Waals surface area contributed by atoms with Crippen molar-refractivity contribution in [3.05, 3.63) is 249 Å². The molecule has 12 rings (SSSR count). The molecule has 4 aromatic heterocycles. The smallest absolute Gasteiger partial charge is 0.328 e. The van der Waals surface area contributed by atoms with Crippen LogP contribution in [0.1, 0.15) is 256 Å². The fourth-order valence-electron chi connectivity index (χ4n) is 17.0. The highest BCUT2D eigenvalue weighted by molar-refractivity contribution is 6.85. The van der Waals surface area contributed by atoms with Gasteiger partial charge in [-0.05, 0) is 96.8 Å². The Morgan fingerprint density at radius 3 is 0.822 bits per heavy atom. The molecule has 0 fully saturated rings. The molecule has 0 atom stereocenters. The van der Waals surface area contributed by atoms with Gasteiger partial charge in [0.15, 0.2) is 0 Å². The van der Waals surface area contributed by atoms with Crippen molar-refractivity contribution < 1.29 is 9.47 Å². The zero-order valence-corrected chi connectivity index (χ0v) is 72.6. The number of rotatable bonds is 50. The molecule has 0 aliphatic heterocycles. The largest absolute Gasteiger partial charge is 0.494 e. The molecule has 16 heteroatoms. The Balaban J connectivity index is 0.985. The normalized spacial score (nSPS) is 12.0. The fourth-order valence-corrected chi connectivity index (χ4v) is 17.7. The minimum absolute atomic E-state index is 0.207. The van der Waals surface area contributed by atoms with E-state index < -0.39 is 13.7 Å². The van der Waals surface area contributed by atoms with Gasteiger partial charge in [-0.1, -0.05) is 422 Å². The van der Waals surface area contributed by atoms with Gasteiger partial charge in [0.25, 0.3) is 0 Å². The van der Waals surface area contributed by atoms with Crippen molar-refractivity contribution in [1.82, 2.24) is 28.9 Å². The molecule has 610 valence electrons. The Kier molecular flexibility index (Phi) is 35.6. The highest BCUT2D eigenvalue weighted by Gasteiger charge is 2.38. The second-order valence-electron chi connectivity index (χ2n) is 32.1. The Bertz CT molecular complexity index is 4910. The minimum Gasteiger partial charge on any atom is -0.494 e. The number of nitrogens with zero attached hydrogens (tertiary/aromatic N) is 8. The van der Waals surface area contributed by atoms with Gasteiger partial charge in [-0.25, -0.2) is 9.97 Å². The first-order valence-corrected chi connectivity index (χ1v) is 46.0. The van der Waals surface area contributed by atoms with Crippen LogP contribution in [0.4, 0.5) is 0 Å². The zero-order valence-electron chi connectivity index (χ0n) is 69.6. The molecule has 0 N–H and O–H groups in total. The molecule has 0 saturated carbocycles. The van der Waals surface area contributed by atoms with Gasteiger partial charge in [-0.3, -0.25) is 9.97 Å². The van der Waals surface area contributed by atoms with Crippen LogP contribution in [-0.2, 0) is 0 Å². The maximum absolute atomic E-state index is 12.7. The monoisotopic (exact) mass is 1650 g/mol. The molecule has 10 nitrogen and oxygen atoms in total. The van der Waals surface area contributed by atoms with E-state index in [-0.39, 0.29) is 22.5 Å². The topological polar surface area (TPSA) is 127 Å². The zero-order chi connectivity index (χ0) is 81.9. The van der Waals surface area contributed by atoms with E-state index in [0.717, 1.165) is 70.2 Å². The Hall–Kier alpha value is -9.13. The van der Waals surface area contributed by atoms with Crippen LogP contribution in [0.5, 0.6) is 11.5 Å². The van der Waals surface area contributed by atoms with E-state index in [9.17, 15) is 10.5 Å². The van der Waals surface area contributed by atoms with Crippen LogP contribution in [0.2, 0.25) is 20.1 Å². The molecule has 4 heterocycles. The maximum Gasteiger partial charge on any atom is 0.328 e. The molecule has 8 aromatic carbocycles. The van der Waals surface area contributed by atoms with Crippen molar-refractivity contribution in [2.24, 2.45) is 0 Å². The van der Waals surface area contributed by atoms with Gasteiger partial charge in [-0.15, -0.1) is 0 Å². The summed E-state index contributed by atoms with van der Waals surface area (Å²) in [5.41, 5.74) is 9.57. The van der Waals surface area contributed by atoms with E-state index in [2.05, 4.69) is 181 Å². The number of unbranched alkanes of at least 4 members (excludes halogenated alkanes) is 34. The van der Waals surface area contributed by atoms with Gasteiger partial charge in [-0.2, -0.15) is 10.5 Å². The van der Waals surface area contributed by atoms with Crippen LogP contribution in [0.3, 0.4) is 0 Å². The number of nitriles is 2. The van der Waals surface area contributed by atoms with Gasteiger partial charge in [0.1, 0.15) is 46.2 Å². The second kappa shape index (κ2) is 47.6. The molecule has 0 radical (unpaired) electrons. The van der Waals surface area contributed by atoms with Crippen LogP contribution < -0.4 is 42.0 Å². The first-order valence-electron chi connectivity index (χ1n) is 44.4. The minimum atomic E-state index is -0.647. The first kappa shape index (κ1) is 88.2. The van der Waals surface area contributed by atoms with Crippen molar-refractivity contribution >= 4 is 126 Å². The number of benzene rings is 8. The third kappa shape index (κ3) is 24.1. The van der Waals surface area contributed by atoms with E-state index in [0.29, 0.717) is 88.2 Å². The van der Waals surface area contributed by atoms with Crippen LogP contribution in [0, 0.1) is 22.7 Å². The van der Waals surface area contributed by atoms with Crippen LogP contribution in [0.25, 0.3) is 66.5 Å². The summed E-state index contributed by atoms with van der Waals surface area (Å²) in [6.07, 6.45) is 50.4. The summed E-state index contributed by atoms with van der Waals surface area (Å²) in [6.45, 7) is 4.43. The van der Waals surface area contributed by atoms with E-state index in [4.69, 9.17) is 75.8 Å². The Morgan fingerprint density at radius 2 is 0.568 bits per heavy atom. The number of aromatic nitrogens is 6. The number of hydrogen-bond donors (Lipinski definition) is 0. The van der Waals surface area contributed by atoms with Crippen molar-refractivity contribution in [1.29, 1.82) is 10.5 Å². The van der Waals surface area contributed by atoms with E-state index in [1.54, 1.807) is 36.7 Å². The summed E-state index contributed by atoms with van der Waals surface area (Å²) in [5, 5.41) is 29.0. The van der Waals surface area contributed by atoms with Crippen LogP contribution in [0.15, 0.2) is 207 Å². The molecular formula is C102H116B2Cl4N8O2. The number of ether oxygens (including phenoxy) is 2. The molecule has 0 spiro atoms. The molecule has 0 bridgehead atoms. The maximum atomic E-state index is 12.7. The van der Waals surface area contributed by atoms with E-state index >= 15 is 0 Å². The lowest BCUT2D eigenvalue weighted by atomic mass is 9.50. The molecule has 0 aliphatic rings. The average Bonchev–Trinajstić information content (AvgIpc) is 1.52. The fraction of sp³-hybridized carbons (Fsp3) is 0.392. The Morgan fingerprint density at radius 1 is 0.322 bits per heavy atom. The standard InChI is InChI=1S/C102H116B2Cl4N8O2/c1-3-5-7-9-11-13-15-17-19-21-23-25-27-29-31-33-35-49-67-117-83-63-59-77(60-64-83)99-97-98(102(86(74-110)96-76-112-92-70-88(106)90(108)72-94(92)114-96)115(99)103(79-51-41-37-42-52-79)80-53-43-38-44-54-80)100(78-61-65-84(66-62-78)118-68-50-36-34-32-30-28-26-24-22-20-18-16-14-12-10-8-6-4-2)116(104(81-55-45-39-46-56-81)82-57-47-40-48-58-82)101(97)85(73-109)95-75-111-91-69-87(105)89(107)71-93(91)113-95/h37-48,51-66,69-72,75-76H,3-36,49-50,67-68H2,1-2H3/b101-85-,102-86-. The predicted molar refractivity (Wildman–Crippen MR) is 501 cm³/mol. The molecular weight excluding hydrogens is 1530 g/mol. The number of fused-ring (bicyclic) bond motifs is 3. The van der Waals surface area contributed by atoms with Crippen molar-refractivity contribution in [3.8, 4) is 46.2 Å². The van der Waals surface area contributed by atoms with Gasteiger partial charge in [0.05, 0.1) is 78.5 Å². The Labute approximate surface area is 722 Å². The third-order valence-electron chi connectivity index (χ3n) is 23.3. The molecule has 0 unspecified atom stereocenters. The number of halogens is 4. The van der Waals surface area contributed by atoms with E-state index in [1.807, 2.05) is 24.3 Å². The summed E-state index contributed by atoms with van der Waals surface area (Å²) < 4.78 is 18.0. The third-order valence-corrected chi connectivity index (χ3v) is 24.7. The summed E-state index contributed by atoms with van der Waals surface area (Å²) in [7, 11) is 0. The molecule has 0 aliphatic carbocycles. The van der Waals surface area contributed by atoms with Crippen LogP contribution in [-0.4, -0.2) is 55.8 Å². The summed E-state index contributed by atoms with van der Waals surface area (Å²) in [6, 6.07) is 70.7. The van der Waals surface area contributed by atoms with Crippen LogP contribution >= 0.6 is 46.4 Å². The number of hydrogen-bond acceptors (Lipinski definition) is 8. The highest BCUT2D eigenvalue weighted by atomic mass is 35.5. The first-order chi connectivity index (χ1) is 58.2.